The molecule has 1 aliphatic carbocycles. The van der Waals surface area contributed by atoms with E-state index in [1.807, 2.05) is 32.1 Å². The molecule has 1 aliphatic rings. The molecule has 2 N–H and O–H groups in total. The predicted molar refractivity (Wildman–Crippen MR) is 100 cm³/mol. The first-order valence-corrected chi connectivity index (χ1v) is 8.23. The molecule has 0 atom stereocenters. The molecule has 0 saturated carbocycles. The molecule has 0 unspecified atom stereocenters. The second-order valence-electron chi connectivity index (χ2n) is 5.55. The van der Waals surface area contributed by atoms with Gasteiger partial charge in [-0.2, -0.15) is 0 Å². The molecular weight excluding hydrogens is 340 g/mol. The van der Waals surface area contributed by atoms with Gasteiger partial charge in [-0.15, -0.1) is 0 Å². The van der Waals surface area contributed by atoms with Crippen LogP contribution in [0.3, 0.4) is 0 Å². The molecule has 5 nitrogen and oxygen atoms in total. The zero-order chi connectivity index (χ0) is 18.4. The van der Waals surface area contributed by atoms with Crippen LogP contribution in [0.5, 0.6) is 5.75 Å². The van der Waals surface area contributed by atoms with Gasteiger partial charge in [0.2, 0.25) is 0 Å². The molecule has 0 fully saturated rings. The maximum Gasteiger partial charge on any atom is 0.334 e. The number of carbonyl (C=O) groups is 1. The van der Waals surface area contributed by atoms with Crippen molar-refractivity contribution in [2.45, 2.75) is 26.8 Å². The van der Waals surface area contributed by atoms with Crippen molar-refractivity contribution >= 4 is 23.3 Å². The number of aliphatic carboxylic acids is 1. The van der Waals surface area contributed by atoms with E-state index in [1.165, 1.54) is 0 Å². The van der Waals surface area contributed by atoms with Crippen LogP contribution < -0.4 is 10.1 Å². The number of allylic oxidation sites excluding steroid dienone is 4. The van der Waals surface area contributed by atoms with Gasteiger partial charge in [0, 0.05) is 40.7 Å². The van der Waals surface area contributed by atoms with E-state index < -0.39 is 5.97 Å². The third-order valence-electron chi connectivity index (χ3n) is 3.84. The van der Waals surface area contributed by atoms with Crippen LogP contribution in [0.2, 0.25) is 5.02 Å². The Morgan fingerprint density at radius 3 is 2.84 bits per heavy atom. The SMILES string of the molecule is C/C=C(/C)N=C1C=CC(NCc2ccc(Cl)cc2OC)=C(C(=O)O)C1. The van der Waals surface area contributed by atoms with Gasteiger partial charge in [-0.1, -0.05) is 23.7 Å². The lowest BCUT2D eigenvalue weighted by Crippen LogP contribution is -2.21. The Bertz CT molecular complexity index is 792. The second kappa shape index (κ2) is 8.53. The van der Waals surface area contributed by atoms with Gasteiger partial charge in [-0.05, 0) is 38.1 Å². The molecule has 2 rings (SSSR count). The smallest absolute Gasteiger partial charge is 0.334 e. The van der Waals surface area contributed by atoms with Crippen molar-refractivity contribution in [3.8, 4) is 5.75 Å². The first kappa shape index (κ1) is 18.8. The van der Waals surface area contributed by atoms with Gasteiger partial charge in [0.1, 0.15) is 5.75 Å². The summed E-state index contributed by atoms with van der Waals surface area (Å²) in [6.07, 6.45) is 5.74. The number of halogens is 1. The van der Waals surface area contributed by atoms with E-state index in [2.05, 4.69) is 10.3 Å². The Labute approximate surface area is 152 Å². The second-order valence-corrected chi connectivity index (χ2v) is 5.99. The van der Waals surface area contributed by atoms with Crippen molar-refractivity contribution in [3.63, 3.8) is 0 Å². The van der Waals surface area contributed by atoms with Gasteiger partial charge in [0.15, 0.2) is 0 Å². The molecule has 0 radical (unpaired) electrons. The van der Waals surface area contributed by atoms with Crippen molar-refractivity contribution < 1.29 is 14.6 Å². The summed E-state index contributed by atoms with van der Waals surface area (Å²) in [6.45, 7) is 4.20. The number of hydrogen-bond acceptors (Lipinski definition) is 4. The highest BCUT2D eigenvalue weighted by Gasteiger charge is 2.19. The van der Waals surface area contributed by atoms with Crippen LogP contribution in [0.25, 0.3) is 0 Å². The Balaban J connectivity index is 2.20. The molecule has 0 spiro atoms. The van der Waals surface area contributed by atoms with E-state index >= 15 is 0 Å². The average molecular weight is 361 g/mol. The van der Waals surface area contributed by atoms with E-state index in [4.69, 9.17) is 16.3 Å². The summed E-state index contributed by atoms with van der Waals surface area (Å²) >= 11 is 5.96. The average Bonchev–Trinajstić information content (AvgIpc) is 2.60. The van der Waals surface area contributed by atoms with Crippen LogP contribution in [0.15, 0.2) is 58.4 Å². The number of methoxy groups -OCH3 is 1. The number of carboxylic acid groups (broad SMARTS) is 1. The highest BCUT2D eigenvalue weighted by atomic mass is 35.5. The maximum atomic E-state index is 11.6. The van der Waals surface area contributed by atoms with Crippen molar-refractivity contribution in [1.29, 1.82) is 0 Å². The van der Waals surface area contributed by atoms with Crippen LogP contribution in [-0.4, -0.2) is 23.9 Å². The molecule has 0 saturated heterocycles. The van der Waals surface area contributed by atoms with Gasteiger partial charge in [-0.25, -0.2) is 4.79 Å². The zero-order valence-electron chi connectivity index (χ0n) is 14.5. The summed E-state index contributed by atoms with van der Waals surface area (Å²) in [5, 5.41) is 13.3. The fraction of sp³-hybridized carbons (Fsp3) is 0.263. The molecule has 0 heterocycles. The summed E-state index contributed by atoms with van der Waals surface area (Å²) < 4.78 is 5.31. The Morgan fingerprint density at radius 1 is 1.44 bits per heavy atom. The molecule has 1 aromatic carbocycles. The first-order chi connectivity index (χ1) is 11.9. The summed E-state index contributed by atoms with van der Waals surface area (Å²) in [4.78, 5) is 16.0. The van der Waals surface area contributed by atoms with Crippen molar-refractivity contribution in [3.05, 3.63) is 64.0 Å². The lowest BCUT2D eigenvalue weighted by Gasteiger charge is -2.17. The third-order valence-corrected chi connectivity index (χ3v) is 4.07. The molecule has 25 heavy (non-hydrogen) atoms. The number of rotatable bonds is 6. The number of nitrogens with one attached hydrogen (secondary N) is 1. The highest BCUT2D eigenvalue weighted by Crippen LogP contribution is 2.24. The lowest BCUT2D eigenvalue weighted by atomic mass is 10.00. The highest BCUT2D eigenvalue weighted by molar-refractivity contribution is 6.30. The Hall–Kier alpha value is -2.53. The largest absolute Gasteiger partial charge is 0.496 e. The van der Waals surface area contributed by atoms with Gasteiger partial charge in [0.05, 0.1) is 12.7 Å². The number of nitrogens with zero attached hydrogens (tertiary/aromatic N) is 1. The van der Waals surface area contributed by atoms with Crippen LogP contribution in [0.1, 0.15) is 25.8 Å². The molecule has 0 aromatic heterocycles. The molecule has 6 heteroatoms. The summed E-state index contributed by atoms with van der Waals surface area (Å²) in [6, 6.07) is 5.35. The number of carboxylic acids is 1. The van der Waals surface area contributed by atoms with Crippen LogP contribution >= 0.6 is 11.6 Å². The Morgan fingerprint density at radius 2 is 2.20 bits per heavy atom. The topological polar surface area (TPSA) is 70.9 Å². The van der Waals surface area contributed by atoms with Crippen molar-refractivity contribution in [2.75, 3.05) is 7.11 Å². The number of aliphatic imine (C=N–C) groups is 1. The van der Waals surface area contributed by atoms with Crippen LogP contribution in [0, 0.1) is 0 Å². The Kier molecular flexibility index (Phi) is 6.42. The van der Waals surface area contributed by atoms with Gasteiger partial charge < -0.3 is 15.2 Å². The van der Waals surface area contributed by atoms with E-state index in [9.17, 15) is 9.90 Å². The summed E-state index contributed by atoms with van der Waals surface area (Å²) in [5.41, 5.74) is 3.33. The standard InChI is InChI=1S/C19H21ClN2O3/c1-4-12(2)22-15-7-8-17(16(10-15)19(23)24)21-11-13-5-6-14(20)9-18(13)25-3/h4-9,21H,10-11H2,1-3H3,(H,23,24)/b12-4-,22-15?. The number of benzene rings is 1. The van der Waals surface area contributed by atoms with E-state index in [0.717, 1.165) is 17.0 Å². The van der Waals surface area contributed by atoms with E-state index in [0.29, 0.717) is 23.0 Å². The number of ether oxygens (including phenoxy) is 1. The minimum Gasteiger partial charge on any atom is -0.496 e. The van der Waals surface area contributed by atoms with Crippen molar-refractivity contribution in [1.82, 2.24) is 5.32 Å². The molecule has 0 bridgehead atoms. The zero-order valence-corrected chi connectivity index (χ0v) is 15.2. The molecule has 0 aliphatic heterocycles. The van der Waals surface area contributed by atoms with Crippen LogP contribution in [-0.2, 0) is 11.3 Å². The van der Waals surface area contributed by atoms with E-state index in [-0.39, 0.29) is 12.0 Å². The molecule has 0 amide bonds. The van der Waals surface area contributed by atoms with Crippen LogP contribution in [0.4, 0.5) is 0 Å². The quantitative estimate of drug-likeness (QED) is 0.801. The third kappa shape index (κ3) is 4.97. The fourth-order valence-electron chi connectivity index (χ4n) is 2.39. The fourth-order valence-corrected chi connectivity index (χ4v) is 2.56. The predicted octanol–water partition coefficient (Wildman–Crippen LogP) is 4.10. The minimum absolute atomic E-state index is 0.275. The minimum atomic E-state index is -0.958. The molecular formula is C19H21ClN2O3. The molecule has 132 valence electrons. The normalized spacial score (nSPS) is 16.3. The van der Waals surface area contributed by atoms with Gasteiger partial charge in [0.25, 0.3) is 0 Å². The molecule has 1 aromatic rings. The van der Waals surface area contributed by atoms with Gasteiger partial charge >= 0.3 is 5.97 Å². The van der Waals surface area contributed by atoms with Crippen molar-refractivity contribution in [2.24, 2.45) is 4.99 Å². The monoisotopic (exact) mass is 360 g/mol. The summed E-state index contributed by atoms with van der Waals surface area (Å²) in [7, 11) is 1.57. The summed E-state index contributed by atoms with van der Waals surface area (Å²) in [5.74, 6) is -0.302. The maximum absolute atomic E-state index is 11.6. The lowest BCUT2D eigenvalue weighted by molar-refractivity contribution is -0.132. The first-order valence-electron chi connectivity index (χ1n) is 7.86. The van der Waals surface area contributed by atoms with E-state index in [1.54, 1.807) is 25.3 Å². The number of hydrogen-bond donors (Lipinski definition) is 2. The van der Waals surface area contributed by atoms with Gasteiger partial charge in [-0.3, -0.25) is 4.99 Å².